The second-order valence-corrected chi connectivity index (χ2v) is 6.63. The first-order valence-corrected chi connectivity index (χ1v) is 9.15. The predicted octanol–water partition coefficient (Wildman–Crippen LogP) is 4.09. The summed E-state index contributed by atoms with van der Waals surface area (Å²) < 4.78 is 42.0. The minimum atomic E-state index is -1.20. The van der Waals surface area contributed by atoms with Crippen LogP contribution in [-0.4, -0.2) is 31.0 Å². The summed E-state index contributed by atoms with van der Waals surface area (Å²) in [4.78, 5) is 19.0. The maximum Gasteiger partial charge on any atom is 0.201 e. The maximum absolute atomic E-state index is 14.4. The Morgan fingerprint density at radius 1 is 1.13 bits per heavy atom. The van der Waals surface area contributed by atoms with E-state index in [1.54, 1.807) is 18.5 Å². The molecule has 0 bridgehead atoms. The van der Waals surface area contributed by atoms with E-state index in [1.165, 1.54) is 12.1 Å². The molecule has 4 rings (SSSR count). The zero-order valence-corrected chi connectivity index (χ0v) is 16.3. The van der Waals surface area contributed by atoms with E-state index < -0.39 is 17.5 Å². The van der Waals surface area contributed by atoms with Crippen molar-refractivity contribution >= 4 is 40.1 Å². The monoisotopic (exact) mass is 447 g/mol. The summed E-state index contributed by atoms with van der Waals surface area (Å²) in [6.07, 6.45) is 3.13. The van der Waals surface area contributed by atoms with Gasteiger partial charge in [-0.2, -0.15) is 0 Å². The van der Waals surface area contributed by atoms with E-state index in [2.05, 4.69) is 30.2 Å². The molecule has 0 radical (unpaired) electrons. The third-order valence-corrected chi connectivity index (χ3v) is 4.49. The second-order valence-electron chi connectivity index (χ2n) is 6.22. The fourth-order valence-corrected chi connectivity index (χ4v) is 2.96. The first-order chi connectivity index (χ1) is 15.0. The number of nitrogens with zero attached hydrogens (tertiary/aromatic N) is 4. The second kappa shape index (κ2) is 8.58. The minimum Gasteiger partial charge on any atom is -0.348 e. The molecule has 8 nitrogen and oxygen atoms in total. The van der Waals surface area contributed by atoms with Gasteiger partial charge in [0.25, 0.3) is 0 Å². The fraction of sp³-hybridized carbons (Fsp3) is 0.0526. The predicted molar refractivity (Wildman–Crippen MR) is 108 cm³/mol. The molecule has 31 heavy (non-hydrogen) atoms. The number of imidazole rings is 1. The number of benzene rings is 2. The van der Waals surface area contributed by atoms with Crippen LogP contribution in [0.5, 0.6) is 0 Å². The average Bonchev–Trinajstić information content (AvgIpc) is 3.21. The lowest BCUT2D eigenvalue weighted by atomic mass is 10.1. The van der Waals surface area contributed by atoms with Gasteiger partial charge in [-0.1, -0.05) is 11.6 Å². The highest BCUT2D eigenvalue weighted by molar-refractivity contribution is 6.31. The Labute approximate surface area is 177 Å². The maximum atomic E-state index is 14.4. The quantitative estimate of drug-likeness (QED) is 0.208. The Kier molecular flexibility index (Phi) is 5.69. The molecule has 4 N–H and O–H groups in total. The molecule has 0 amide bonds. The Balaban J connectivity index is 1.75. The Hall–Kier alpha value is -3.70. The first-order valence-electron chi connectivity index (χ1n) is 8.78. The smallest absolute Gasteiger partial charge is 0.201 e. The van der Waals surface area contributed by atoms with Crippen LogP contribution in [0.1, 0.15) is 11.4 Å². The van der Waals surface area contributed by atoms with Crippen LogP contribution < -0.4 is 10.8 Å². The molecule has 0 spiro atoms. The molecular formula is C19H13ClF3N7O. The number of anilines is 1. The molecule has 2 aromatic carbocycles. The average molecular weight is 448 g/mol. The molecule has 0 saturated heterocycles. The molecule has 0 aliphatic rings. The number of amidine groups is 1. The molecule has 2 heterocycles. The van der Waals surface area contributed by atoms with E-state index in [9.17, 15) is 18.4 Å². The van der Waals surface area contributed by atoms with E-state index in [4.69, 9.17) is 11.6 Å². The number of H-pyrrole nitrogens is 1. The summed E-state index contributed by atoms with van der Waals surface area (Å²) in [5.74, 6) is -2.69. The summed E-state index contributed by atoms with van der Waals surface area (Å²) in [6, 6.07) is 6.10. The minimum absolute atomic E-state index is 0.0200. The third kappa shape index (κ3) is 4.27. The van der Waals surface area contributed by atoms with Gasteiger partial charge in [0.15, 0.2) is 17.5 Å². The van der Waals surface area contributed by atoms with Crippen LogP contribution >= 0.6 is 11.6 Å². The Morgan fingerprint density at radius 2 is 1.90 bits per heavy atom. The number of aromatic nitrogens is 4. The molecule has 0 unspecified atom stereocenters. The van der Waals surface area contributed by atoms with Crippen molar-refractivity contribution in [2.75, 3.05) is 5.32 Å². The Morgan fingerprint density at radius 3 is 2.61 bits per heavy atom. The number of aliphatic imine (C=N–C) groups is 1. The van der Waals surface area contributed by atoms with Crippen molar-refractivity contribution in [3.05, 3.63) is 76.6 Å². The zero-order chi connectivity index (χ0) is 22.0. The van der Waals surface area contributed by atoms with E-state index in [1.807, 2.05) is 5.48 Å². The summed E-state index contributed by atoms with van der Waals surface area (Å²) in [5.41, 5.74) is 1.74. The van der Waals surface area contributed by atoms with Crippen molar-refractivity contribution in [3.63, 3.8) is 0 Å². The van der Waals surface area contributed by atoms with Gasteiger partial charge in [0.1, 0.15) is 17.2 Å². The summed E-state index contributed by atoms with van der Waals surface area (Å²) in [5, 5.41) is 12.3. The number of nitrogens with one attached hydrogen (secondary N) is 3. The number of hydrogen-bond acceptors (Lipinski definition) is 6. The first kappa shape index (κ1) is 20.6. The van der Waals surface area contributed by atoms with E-state index in [0.29, 0.717) is 5.82 Å². The highest BCUT2D eigenvalue weighted by Crippen LogP contribution is 2.27. The van der Waals surface area contributed by atoms with Crippen molar-refractivity contribution in [1.82, 2.24) is 25.4 Å². The lowest BCUT2D eigenvalue weighted by Crippen LogP contribution is -2.21. The van der Waals surface area contributed by atoms with Crippen LogP contribution in [-0.2, 0) is 6.54 Å². The largest absolute Gasteiger partial charge is 0.348 e. The highest BCUT2D eigenvalue weighted by Gasteiger charge is 2.20. The molecule has 0 fully saturated rings. The van der Waals surface area contributed by atoms with Crippen LogP contribution in [0.3, 0.4) is 0 Å². The Bertz CT molecular complexity index is 1280. The number of fused-ring (bicyclic) bond motifs is 1. The van der Waals surface area contributed by atoms with Gasteiger partial charge in [-0.25, -0.2) is 33.1 Å². The summed E-state index contributed by atoms with van der Waals surface area (Å²) in [7, 11) is 0. The normalized spacial score (nSPS) is 11.7. The van der Waals surface area contributed by atoms with Gasteiger partial charge in [-0.3, -0.25) is 10.7 Å². The van der Waals surface area contributed by atoms with Gasteiger partial charge in [-0.05, 0) is 30.3 Å². The van der Waals surface area contributed by atoms with Crippen LogP contribution in [0.2, 0.25) is 5.02 Å². The van der Waals surface area contributed by atoms with Crippen LogP contribution in [0, 0.1) is 17.5 Å². The number of hydroxylamine groups is 1. The number of rotatable bonds is 5. The lowest BCUT2D eigenvalue weighted by Gasteiger charge is -2.08. The highest BCUT2D eigenvalue weighted by atomic mass is 35.5. The van der Waals surface area contributed by atoms with Crippen LogP contribution in [0.15, 0.2) is 47.7 Å². The molecular weight excluding hydrogens is 435 g/mol. The summed E-state index contributed by atoms with van der Waals surface area (Å²) in [6.45, 7) is 0.174. The van der Waals surface area contributed by atoms with E-state index >= 15 is 0 Å². The SMILES string of the molecule is ONC(=Nc1ccc(F)c(Cl)c1)c1cc(F)c(F)c2nc(NCc3ncccn3)[nH]c12. The molecule has 0 aliphatic heterocycles. The van der Waals surface area contributed by atoms with Gasteiger partial charge in [-0.15, -0.1) is 0 Å². The van der Waals surface area contributed by atoms with E-state index in [0.717, 1.165) is 12.1 Å². The lowest BCUT2D eigenvalue weighted by molar-refractivity contribution is 0.235. The van der Waals surface area contributed by atoms with Crippen LogP contribution in [0.25, 0.3) is 11.0 Å². The van der Waals surface area contributed by atoms with E-state index in [-0.39, 0.29) is 45.6 Å². The fourth-order valence-electron chi connectivity index (χ4n) is 2.79. The number of aromatic amines is 1. The van der Waals surface area contributed by atoms with Gasteiger partial charge >= 0.3 is 0 Å². The van der Waals surface area contributed by atoms with Gasteiger partial charge < -0.3 is 10.3 Å². The van der Waals surface area contributed by atoms with Gasteiger partial charge in [0.2, 0.25) is 5.95 Å². The topological polar surface area (TPSA) is 111 Å². The van der Waals surface area contributed by atoms with Crippen molar-refractivity contribution in [2.45, 2.75) is 6.54 Å². The van der Waals surface area contributed by atoms with Crippen molar-refractivity contribution in [1.29, 1.82) is 0 Å². The number of hydrogen-bond donors (Lipinski definition) is 4. The third-order valence-electron chi connectivity index (χ3n) is 4.20. The molecule has 2 aromatic heterocycles. The van der Waals surface area contributed by atoms with Crippen molar-refractivity contribution in [2.24, 2.45) is 4.99 Å². The summed E-state index contributed by atoms with van der Waals surface area (Å²) >= 11 is 5.74. The molecule has 0 aliphatic carbocycles. The van der Waals surface area contributed by atoms with Crippen LogP contribution in [0.4, 0.5) is 24.8 Å². The molecule has 158 valence electrons. The molecule has 0 atom stereocenters. The van der Waals surface area contributed by atoms with Crippen molar-refractivity contribution < 1.29 is 18.4 Å². The standard InChI is InChI=1S/C19H13ClF3N7O/c20-11-6-9(2-3-12(11)21)27-18(30-31)10-7-13(22)15(23)17-16(10)28-19(29-17)26-8-14-24-4-1-5-25-14/h1-7,31H,8H2,(H,27,30)(H2,26,28,29). The zero-order valence-electron chi connectivity index (χ0n) is 15.5. The molecule has 12 heteroatoms. The molecule has 4 aromatic rings. The van der Waals surface area contributed by atoms with Crippen molar-refractivity contribution in [3.8, 4) is 0 Å². The number of halogens is 4. The van der Waals surface area contributed by atoms with Gasteiger partial charge in [0, 0.05) is 18.0 Å². The van der Waals surface area contributed by atoms with Gasteiger partial charge in [0.05, 0.1) is 22.8 Å². The molecule has 0 saturated carbocycles.